The Labute approximate surface area is 67.2 Å². The van der Waals surface area contributed by atoms with Crippen molar-refractivity contribution in [2.75, 3.05) is 6.61 Å². The predicted octanol–water partition coefficient (Wildman–Crippen LogP) is 1.19. The van der Waals surface area contributed by atoms with Gasteiger partial charge in [0.05, 0.1) is 11.5 Å². The molecule has 1 unspecified atom stereocenters. The molecule has 10 heavy (non-hydrogen) atoms. The van der Waals surface area contributed by atoms with Crippen LogP contribution in [0, 0.1) is 0 Å². The van der Waals surface area contributed by atoms with E-state index in [1.807, 2.05) is 6.92 Å². The second kappa shape index (κ2) is 3.11. The quantitative estimate of drug-likeness (QED) is 0.601. The van der Waals surface area contributed by atoms with Crippen LogP contribution >= 0.6 is 11.8 Å². The molecule has 62 valence electrons. The summed E-state index contributed by atoms with van der Waals surface area (Å²) in [5.74, 6) is 0. The molecule has 0 radical (unpaired) electrons. The van der Waals surface area contributed by atoms with Gasteiger partial charge in [-0.3, -0.25) is 0 Å². The van der Waals surface area contributed by atoms with Gasteiger partial charge < -0.3 is 10.8 Å². The lowest BCUT2D eigenvalue weighted by Gasteiger charge is -2.29. The second-order valence-electron chi connectivity index (χ2n) is 3.69. The smallest absolute Gasteiger partial charge is 0.0830 e. The van der Waals surface area contributed by atoms with Gasteiger partial charge in [-0.15, -0.1) is 11.8 Å². The number of thioether (sulfide) groups is 1. The highest BCUT2D eigenvalue weighted by atomic mass is 32.2. The van der Waals surface area contributed by atoms with Crippen LogP contribution in [0.25, 0.3) is 0 Å². The second-order valence-corrected chi connectivity index (χ2v) is 6.05. The van der Waals surface area contributed by atoms with Gasteiger partial charge in [-0.05, 0) is 6.92 Å². The normalized spacial score (nSPS) is 18.6. The molecule has 0 spiro atoms. The van der Waals surface area contributed by atoms with Crippen LogP contribution in [0.4, 0.5) is 0 Å². The van der Waals surface area contributed by atoms with Crippen molar-refractivity contribution < 1.29 is 5.11 Å². The van der Waals surface area contributed by atoms with Crippen molar-refractivity contribution in [1.82, 2.24) is 0 Å². The van der Waals surface area contributed by atoms with Crippen molar-refractivity contribution in [1.29, 1.82) is 0 Å². The molecule has 0 saturated heterocycles. The van der Waals surface area contributed by atoms with Crippen LogP contribution in [-0.4, -0.2) is 21.3 Å². The average molecular weight is 163 g/mol. The molecule has 0 heterocycles. The van der Waals surface area contributed by atoms with E-state index in [2.05, 4.69) is 20.8 Å². The average Bonchev–Trinajstić information content (AvgIpc) is 1.60. The van der Waals surface area contributed by atoms with Crippen molar-refractivity contribution in [2.45, 2.75) is 37.3 Å². The molecule has 0 aliphatic rings. The molecule has 0 fully saturated rings. The van der Waals surface area contributed by atoms with E-state index in [0.29, 0.717) is 0 Å². The van der Waals surface area contributed by atoms with Crippen LogP contribution in [0.3, 0.4) is 0 Å². The van der Waals surface area contributed by atoms with Gasteiger partial charge in [0.25, 0.3) is 0 Å². The van der Waals surface area contributed by atoms with E-state index >= 15 is 0 Å². The Kier molecular flexibility index (Phi) is 3.20. The molecule has 3 N–H and O–H groups in total. The third-order valence-electron chi connectivity index (χ3n) is 0.853. The molecule has 0 saturated carbocycles. The zero-order valence-corrected chi connectivity index (χ0v) is 7.96. The van der Waals surface area contributed by atoms with Crippen molar-refractivity contribution in [3.63, 3.8) is 0 Å². The van der Waals surface area contributed by atoms with E-state index in [1.165, 1.54) is 0 Å². The van der Waals surface area contributed by atoms with Crippen LogP contribution < -0.4 is 5.73 Å². The first-order valence-electron chi connectivity index (χ1n) is 3.37. The van der Waals surface area contributed by atoms with Gasteiger partial charge in [0, 0.05) is 4.75 Å². The Morgan fingerprint density at radius 1 is 1.30 bits per heavy atom. The van der Waals surface area contributed by atoms with Crippen LogP contribution in [-0.2, 0) is 0 Å². The van der Waals surface area contributed by atoms with Gasteiger partial charge >= 0.3 is 0 Å². The van der Waals surface area contributed by atoms with Gasteiger partial charge in [0.2, 0.25) is 0 Å². The fraction of sp³-hybridized carbons (Fsp3) is 1.00. The maximum atomic E-state index is 8.81. The number of rotatable bonds is 2. The molecule has 0 aromatic rings. The van der Waals surface area contributed by atoms with Gasteiger partial charge in [-0.2, -0.15) is 0 Å². The first-order valence-corrected chi connectivity index (χ1v) is 4.18. The summed E-state index contributed by atoms with van der Waals surface area (Å²) < 4.78 is 0.117. The van der Waals surface area contributed by atoms with Crippen LogP contribution in [0.2, 0.25) is 0 Å². The van der Waals surface area contributed by atoms with Crippen molar-refractivity contribution in [3.05, 3.63) is 0 Å². The predicted molar refractivity (Wildman–Crippen MR) is 47.0 cm³/mol. The SMILES string of the molecule is CC(C)(C)SC(C)(N)CO. The minimum absolute atomic E-state index is 0.0228. The Balaban J connectivity index is 3.89. The van der Waals surface area contributed by atoms with Gasteiger partial charge in [0.1, 0.15) is 0 Å². The summed E-state index contributed by atoms with van der Waals surface area (Å²) in [7, 11) is 0. The number of aliphatic hydroxyl groups is 1. The molecule has 0 rings (SSSR count). The standard InChI is InChI=1S/C7H17NOS/c1-6(2,3)10-7(4,8)5-9/h9H,5,8H2,1-4H3. The highest BCUT2D eigenvalue weighted by Gasteiger charge is 2.25. The highest BCUT2D eigenvalue weighted by Crippen LogP contribution is 2.32. The molecule has 0 aromatic heterocycles. The zero-order valence-electron chi connectivity index (χ0n) is 7.14. The molecular weight excluding hydrogens is 146 g/mol. The zero-order chi connectivity index (χ0) is 8.41. The minimum atomic E-state index is -0.502. The van der Waals surface area contributed by atoms with E-state index in [9.17, 15) is 0 Å². The summed E-state index contributed by atoms with van der Waals surface area (Å²) in [5.41, 5.74) is 5.72. The van der Waals surface area contributed by atoms with E-state index < -0.39 is 4.87 Å². The molecule has 0 aliphatic carbocycles. The first kappa shape index (κ1) is 10.3. The molecule has 1 atom stereocenters. The monoisotopic (exact) mass is 163 g/mol. The summed E-state index contributed by atoms with van der Waals surface area (Å²) in [6.07, 6.45) is 0. The molecular formula is C7H17NOS. The summed E-state index contributed by atoms with van der Waals surface area (Å²) >= 11 is 1.59. The Hall–Kier alpha value is 0.270. The number of hydrogen-bond donors (Lipinski definition) is 2. The van der Waals surface area contributed by atoms with Crippen molar-refractivity contribution in [2.24, 2.45) is 5.73 Å². The molecule has 3 heteroatoms. The van der Waals surface area contributed by atoms with Crippen molar-refractivity contribution >= 4 is 11.8 Å². The lowest BCUT2D eigenvalue weighted by molar-refractivity contribution is 0.258. The lowest BCUT2D eigenvalue weighted by Crippen LogP contribution is -2.39. The number of aliphatic hydroxyl groups excluding tert-OH is 1. The first-order chi connectivity index (χ1) is 4.27. The molecule has 0 bridgehead atoms. The Morgan fingerprint density at radius 3 is 1.80 bits per heavy atom. The molecule has 2 nitrogen and oxygen atoms in total. The summed E-state index contributed by atoms with van der Waals surface area (Å²) in [5, 5.41) is 8.81. The minimum Gasteiger partial charge on any atom is -0.394 e. The van der Waals surface area contributed by atoms with Crippen molar-refractivity contribution in [3.8, 4) is 0 Å². The summed E-state index contributed by atoms with van der Waals surface area (Å²) in [6, 6.07) is 0. The maximum absolute atomic E-state index is 8.81. The third-order valence-corrected chi connectivity index (χ3v) is 2.06. The van der Waals surface area contributed by atoms with Gasteiger partial charge in [-0.25, -0.2) is 0 Å². The Morgan fingerprint density at radius 2 is 1.70 bits per heavy atom. The van der Waals surface area contributed by atoms with E-state index in [1.54, 1.807) is 11.8 Å². The fourth-order valence-corrected chi connectivity index (χ4v) is 2.20. The fourth-order valence-electron chi connectivity index (χ4n) is 0.732. The van der Waals surface area contributed by atoms with Gasteiger partial charge in [0.15, 0.2) is 0 Å². The van der Waals surface area contributed by atoms with E-state index in [4.69, 9.17) is 10.8 Å². The van der Waals surface area contributed by atoms with E-state index in [0.717, 1.165) is 0 Å². The molecule has 0 aliphatic heterocycles. The largest absolute Gasteiger partial charge is 0.394 e. The summed E-state index contributed by atoms with van der Waals surface area (Å²) in [4.78, 5) is -0.502. The molecule has 0 aromatic carbocycles. The highest BCUT2D eigenvalue weighted by molar-refractivity contribution is 8.01. The van der Waals surface area contributed by atoms with Crippen LogP contribution in [0.5, 0.6) is 0 Å². The van der Waals surface area contributed by atoms with E-state index in [-0.39, 0.29) is 11.4 Å². The Bertz CT molecular complexity index is 107. The third kappa shape index (κ3) is 5.09. The van der Waals surface area contributed by atoms with Crippen LogP contribution in [0.15, 0.2) is 0 Å². The topological polar surface area (TPSA) is 46.2 Å². The molecule has 0 amide bonds. The number of hydrogen-bond acceptors (Lipinski definition) is 3. The van der Waals surface area contributed by atoms with Crippen LogP contribution in [0.1, 0.15) is 27.7 Å². The van der Waals surface area contributed by atoms with Gasteiger partial charge in [-0.1, -0.05) is 20.8 Å². The number of nitrogens with two attached hydrogens (primary N) is 1. The summed E-state index contributed by atoms with van der Waals surface area (Å²) in [6.45, 7) is 8.10. The maximum Gasteiger partial charge on any atom is 0.0830 e. The lowest BCUT2D eigenvalue weighted by atomic mass is 10.3.